The molecule has 2 aliphatic rings. The number of methoxy groups -OCH3 is 1. The Kier molecular flexibility index (Phi) is 6.13. The number of aliphatic hydroxyl groups is 1. The first-order valence-corrected chi connectivity index (χ1v) is 10.7. The molecular formula is C24H28N2O5. The molecule has 2 N–H and O–H groups in total. The summed E-state index contributed by atoms with van der Waals surface area (Å²) in [5, 5.41) is 12.7. The second kappa shape index (κ2) is 8.98. The molecule has 1 saturated carbocycles. The Morgan fingerprint density at radius 3 is 2.74 bits per heavy atom. The van der Waals surface area contributed by atoms with Gasteiger partial charge in [0.1, 0.15) is 0 Å². The van der Waals surface area contributed by atoms with Gasteiger partial charge in [0.05, 0.1) is 31.0 Å². The smallest absolute Gasteiger partial charge is 0.257 e. The van der Waals surface area contributed by atoms with Crippen LogP contribution in [-0.4, -0.2) is 42.1 Å². The predicted molar refractivity (Wildman–Crippen MR) is 116 cm³/mol. The monoisotopic (exact) mass is 424 g/mol. The predicted octanol–water partition coefficient (Wildman–Crippen LogP) is 3.52. The summed E-state index contributed by atoms with van der Waals surface area (Å²) in [5.41, 5.74) is 2.84. The van der Waals surface area contributed by atoms with Crippen molar-refractivity contribution in [3.63, 3.8) is 0 Å². The number of carbonyl (C=O) groups is 2. The third kappa shape index (κ3) is 4.23. The fourth-order valence-corrected chi connectivity index (χ4v) is 4.11. The minimum absolute atomic E-state index is 0.0249. The molecule has 0 bridgehead atoms. The number of aliphatic hydroxyl groups excluding tert-OH is 1. The molecule has 4 rings (SSSR count). The largest absolute Gasteiger partial charge is 0.493 e. The topological polar surface area (TPSA) is 88.1 Å². The van der Waals surface area contributed by atoms with Gasteiger partial charge in [0, 0.05) is 19.1 Å². The van der Waals surface area contributed by atoms with E-state index in [0.29, 0.717) is 42.3 Å². The van der Waals surface area contributed by atoms with Crippen LogP contribution in [0.1, 0.15) is 53.7 Å². The fraction of sp³-hybridized carbons (Fsp3) is 0.417. The molecule has 7 heteroatoms. The summed E-state index contributed by atoms with van der Waals surface area (Å²) < 4.78 is 11.1. The lowest BCUT2D eigenvalue weighted by atomic mass is 10.0. The number of ether oxygens (including phenoxy) is 2. The highest BCUT2D eigenvalue weighted by Crippen LogP contribution is 2.39. The van der Waals surface area contributed by atoms with Crippen molar-refractivity contribution >= 4 is 17.5 Å². The average molecular weight is 424 g/mol. The van der Waals surface area contributed by atoms with Crippen LogP contribution in [0.4, 0.5) is 5.69 Å². The lowest BCUT2D eigenvalue weighted by molar-refractivity contribution is -0.117. The van der Waals surface area contributed by atoms with Gasteiger partial charge in [-0.15, -0.1) is 0 Å². The molecule has 2 aromatic carbocycles. The number of hydrogen-bond donors (Lipinski definition) is 2. The van der Waals surface area contributed by atoms with Gasteiger partial charge in [0.25, 0.3) is 5.91 Å². The molecule has 31 heavy (non-hydrogen) atoms. The molecule has 2 aromatic rings. The van der Waals surface area contributed by atoms with Gasteiger partial charge in [-0.1, -0.05) is 18.2 Å². The highest BCUT2D eigenvalue weighted by atomic mass is 16.5. The van der Waals surface area contributed by atoms with Crippen LogP contribution in [0.25, 0.3) is 0 Å². The number of benzene rings is 2. The van der Waals surface area contributed by atoms with Crippen LogP contribution in [0.15, 0.2) is 36.4 Å². The molecule has 1 heterocycles. The van der Waals surface area contributed by atoms with Crippen molar-refractivity contribution in [3.8, 4) is 11.5 Å². The molecule has 0 spiro atoms. The van der Waals surface area contributed by atoms with Gasteiger partial charge in [0.2, 0.25) is 5.91 Å². The highest BCUT2D eigenvalue weighted by Gasteiger charge is 2.37. The molecule has 1 aliphatic carbocycles. The second-order valence-corrected chi connectivity index (χ2v) is 7.91. The number of hydrogen-bond acceptors (Lipinski definition) is 5. The minimum atomic E-state index is -0.331. The molecule has 0 saturated heterocycles. The number of nitrogens with zero attached hydrogens (tertiary/aromatic N) is 1. The molecular weight excluding hydrogens is 396 g/mol. The Morgan fingerprint density at radius 1 is 1.26 bits per heavy atom. The van der Waals surface area contributed by atoms with Crippen molar-refractivity contribution < 1.29 is 24.2 Å². The van der Waals surface area contributed by atoms with Crippen molar-refractivity contribution in [2.24, 2.45) is 5.92 Å². The Balaban J connectivity index is 1.64. The molecule has 1 fully saturated rings. The Morgan fingerprint density at radius 2 is 2.06 bits per heavy atom. The zero-order valence-corrected chi connectivity index (χ0v) is 17.9. The van der Waals surface area contributed by atoms with E-state index in [1.165, 1.54) is 0 Å². The maximum atomic E-state index is 13.4. The van der Waals surface area contributed by atoms with Crippen molar-refractivity contribution in [2.75, 3.05) is 25.6 Å². The van der Waals surface area contributed by atoms with Crippen molar-refractivity contribution in [3.05, 3.63) is 53.1 Å². The average Bonchev–Trinajstić information content (AvgIpc) is 3.57. The van der Waals surface area contributed by atoms with Gasteiger partial charge in [-0.05, 0) is 55.5 Å². The van der Waals surface area contributed by atoms with Crippen LogP contribution >= 0.6 is 0 Å². The first-order valence-electron chi connectivity index (χ1n) is 10.7. The van der Waals surface area contributed by atoms with Crippen LogP contribution in [0.2, 0.25) is 0 Å². The molecule has 0 aromatic heterocycles. The van der Waals surface area contributed by atoms with Crippen molar-refractivity contribution in [1.29, 1.82) is 0 Å². The van der Waals surface area contributed by atoms with Crippen LogP contribution in [0, 0.1) is 5.92 Å². The van der Waals surface area contributed by atoms with E-state index in [1.807, 2.05) is 37.3 Å². The van der Waals surface area contributed by atoms with E-state index in [4.69, 9.17) is 9.47 Å². The molecule has 1 unspecified atom stereocenters. The number of carbonyl (C=O) groups excluding carboxylic acids is 2. The van der Waals surface area contributed by atoms with E-state index in [-0.39, 0.29) is 30.4 Å². The zero-order valence-electron chi connectivity index (χ0n) is 17.9. The number of amides is 2. The first-order chi connectivity index (χ1) is 15.1. The summed E-state index contributed by atoms with van der Waals surface area (Å²) in [7, 11) is 1.58. The summed E-state index contributed by atoms with van der Waals surface area (Å²) >= 11 is 0. The van der Waals surface area contributed by atoms with E-state index in [0.717, 1.165) is 24.0 Å². The maximum absolute atomic E-state index is 13.4. The first kappa shape index (κ1) is 21.2. The van der Waals surface area contributed by atoms with Crippen molar-refractivity contribution in [2.45, 2.75) is 38.8 Å². The van der Waals surface area contributed by atoms with E-state index in [9.17, 15) is 14.7 Å². The number of rotatable bonds is 9. The molecule has 7 nitrogen and oxygen atoms in total. The van der Waals surface area contributed by atoms with Crippen LogP contribution in [0.3, 0.4) is 0 Å². The quantitative estimate of drug-likeness (QED) is 0.643. The fourth-order valence-electron chi connectivity index (χ4n) is 4.11. The van der Waals surface area contributed by atoms with Gasteiger partial charge in [-0.25, -0.2) is 0 Å². The normalized spacial score (nSPS) is 16.1. The third-order valence-electron chi connectivity index (χ3n) is 5.82. The van der Waals surface area contributed by atoms with Crippen LogP contribution in [-0.2, 0) is 11.3 Å². The lowest BCUT2D eigenvalue weighted by Gasteiger charge is -2.28. The van der Waals surface area contributed by atoms with Gasteiger partial charge < -0.3 is 24.8 Å². The molecule has 1 atom stereocenters. The summed E-state index contributed by atoms with van der Waals surface area (Å²) in [6, 6.07) is 10.8. The summed E-state index contributed by atoms with van der Waals surface area (Å²) in [6.07, 6.45) is 2.19. The second-order valence-electron chi connectivity index (χ2n) is 7.91. The standard InChI is InChI=1S/C24H28N2O5/c1-3-31-21-13-16(9-10-20(21)30-2)19(11-12-27)26-14-17-5-4-6-18(22(17)24(26)29)25-23(28)15-7-8-15/h4-6,9-10,13,15,19,27H,3,7-8,11-12,14H2,1-2H3,(H,25,28). The number of anilines is 1. The van der Waals surface area contributed by atoms with Gasteiger partial charge in [-0.3, -0.25) is 9.59 Å². The van der Waals surface area contributed by atoms with E-state index < -0.39 is 0 Å². The summed E-state index contributed by atoms with van der Waals surface area (Å²) in [4.78, 5) is 27.5. The van der Waals surface area contributed by atoms with E-state index >= 15 is 0 Å². The summed E-state index contributed by atoms with van der Waals surface area (Å²) in [5.74, 6) is 1.11. The molecule has 0 radical (unpaired) electrons. The Bertz CT molecular complexity index is 986. The zero-order chi connectivity index (χ0) is 22.0. The van der Waals surface area contributed by atoms with Crippen molar-refractivity contribution in [1.82, 2.24) is 4.90 Å². The Labute approximate surface area is 182 Å². The SMILES string of the molecule is CCOc1cc(C(CCO)N2Cc3cccc(NC(=O)C4CC4)c3C2=O)ccc1OC. The van der Waals surface area contributed by atoms with Crippen LogP contribution < -0.4 is 14.8 Å². The van der Waals surface area contributed by atoms with Crippen LogP contribution in [0.5, 0.6) is 11.5 Å². The maximum Gasteiger partial charge on any atom is 0.257 e. The third-order valence-corrected chi connectivity index (χ3v) is 5.82. The number of nitrogens with one attached hydrogen (secondary N) is 1. The summed E-state index contributed by atoms with van der Waals surface area (Å²) in [6.45, 7) is 2.74. The van der Waals surface area contributed by atoms with Gasteiger partial charge >= 0.3 is 0 Å². The molecule has 2 amide bonds. The van der Waals surface area contributed by atoms with E-state index in [2.05, 4.69) is 5.32 Å². The number of fused-ring (bicyclic) bond motifs is 1. The Hall–Kier alpha value is -3.06. The lowest BCUT2D eigenvalue weighted by Crippen LogP contribution is -2.30. The minimum Gasteiger partial charge on any atom is -0.493 e. The van der Waals surface area contributed by atoms with E-state index in [1.54, 1.807) is 18.1 Å². The highest BCUT2D eigenvalue weighted by molar-refractivity contribution is 6.07. The molecule has 1 aliphatic heterocycles. The van der Waals surface area contributed by atoms with Gasteiger partial charge in [-0.2, -0.15) is 0 Å². The van der Waals surface area contributed by atoms with Gasteiger partial charge in [0.15, 0.2) is 11.5 Å². The molecule has 164 valence electrons.